The lowest BCUT2D eigenvalue weighted by molar-refractivity contribution is -0.110. The second-order valence-electron chi connectivity index (χ2n) is 8.74. The smallest absolute Gasteiger partial charge is 0.260 e. The SMILES string of the molecule is COCCN(C)CCCc1ccc2c(c1)C(C)(C)OC2=C1C(=O)Nc2ccc(F)cc21. The fourth-order valence-electron chi connectivity index (χ4n) is 4.27. The van der Waals surface area contributed by atoms with Gasteiger partial charge in [-0.15, -0.1) is 0 Å². The van der Waals surface area contributed by atoms with Crippen LogP contribution in [0.5, 0.6) is 0 Å². The topological polar surface area (TPSA) is 50.8 Å². The number of anilines is 1. The van der Waals surface area contributed by atoms with Gasteiger partial charge in [0.2, 0.25) is 0 Å². The first-order chi connectivity index (χ1) is 14.8. The number of rotatable bonds is 7. The lowest BCUT2D eigenvalue weighted by Crippen LogP contribution is -2.24. The van der Waals surface area contributed by atoms with E-state index in [-0.39, 0.29) is 11.7 Å². The molecule has 0 radical (unpaired) electrons. The molecule has 0 spiro atoms. The highest BCUT2D eigenvalue weighted by molar-refractivity contribution is 6.36. The van der Waals surface area contributed by atoms with Crippen molar-refractivity contribution in [1.82, 2.24) is 4.90 Å². The molecule has 0 aromatic heterocycles. The second-order valence-corrected chi connectivity index (χ2v) is 8.74. The van der Waals surface area contributed by atoms with E-state index in [1.54, 1.807) is 13.2 Å². The van der Waals surface area contributed by atoms with Gasteiger partial charge in [-0.25, -0.2) is 4.39 Å². The maximum Gasteiger partial charge on any atom is 0.260 e. The molecule has 0 fully saturated rings. The summed E-state index contributed by atoms with van der Waals surface area (Å²) in [6.07, 6.45) is 2.00. The van der Waals surface area contributed by atoms with Crippen LogP contribution in [0.1, 0.15) is 42.5 Å². The molecular formula is C25H29FN2O3. The van der Waals surface area contributed by atoms with E-state index in [2.05, 4.69) is 29.4 Å². The number of hydrogen-bond donors (Lipinski definition) is 1. The van der Waals surface area contributed by atoms with Crippen LogP contribution in [0.25, 0.3) is 11.3 Å². The summed E-state index contributed by atoms with van der Waals surface area (Å²) in [5, 5.41) is 2.82. The van der Waals surface area contributed by atoms with E-state index < -0.39 is 5.60 Å². The van der Waals surface area contributed by atoms with Crippen LogP contribution in [-0.4, -0.2) is 44.7 Å². The summed E-state index contributed by atoms with van der Waals surface area (Å²) in [5.41, 5.74) is 4.17. The molecule has 2 aromatic carbocycles. The molecule has 164 valence electrons. The van der Waals surface area contributed by atoms with Gasteiger partial charge in [-0.2, -0.15) is 0 Å². The molecule has 2 aliphatic rings. The summed E-state index contributed by atoms with van der Waals surface area (Å²) in [7, 11) is 3.82. The predicted octanol–water partition coefficient (Wildman–Crippen LogP) is 4.42. The summed E-state index contributed by atoms with van der Waals surface area (Å²) >= 11 is 0. The predicted molar refractivity (Wildman–Crippen MR) is 120 cm³/mol. The Hall–Kier alpha value is -2.70. The molecule has 0 bridgehead atoms. The zero-order chi connectivity index (χ0) is 22.2. The minimum absolute atomic E-state index is 0.262. The first-order valence-electron chi connectivity index (χ1n) is 10.7. The molecule has 2 heterocycles. The number of methoxy groups -OCH3 is 1. The van der Waals surface area contributed by atoms with Crippen molar-refractivity contribution < 1.29 is 18.7 Å². The summed E-state index contributed by atoms with van der Waals surface area (Å²) in [6.45, 7) is 6.65. The zero-order valence-corrected chi connectivity index (χ0v) is 18.5. The Labute approximate surface area is 182 Å². The number of nitrogens with zero attached hydrogens (tertiary/aromatic N) is 1. The second kappa shape index (κ2) is 8.44. The fourth-order valence-corrected chi connectivity index (χ4v) is 4.27. The van der Waals surface area contributed by atoms with E-state index in [0.717, 1.165) is 43.7 Å². The van der Waals surface area contributed by atoms with E-state index in [0.29, 0.717) is 22.6 Å². The largest absolute Gasteiger partial charge is 0.482 e. The number of carbonyl (C=O) groups excluding carboxylic acids is 1. The molecular weight excluding hydrogens is 395 g/mol. The maximum absolute atomic E-state index is 13.9. The number of likely N-dealkylation sites (N-methyl/N-ethyl adjacent to an activating group) is 1. The van der Waals surface area contributed by atoms with E-state index >= 15 is 0 Å². The molecule has 1 amide bonds. The lowest BCUT2D eigenvalue weighted by atomic mass is 9.91. The standard InChI is InChI=1S/C25H29FN2O3/c1-25(2)20-14-16(6-5-11-28(3)12-13-30-4)7-9-18(20)23(31-25)22-19-15-17(26)8-10-21(19)27-24(22)29/h7-10,14-15H,5-6,11-13H2,1-4H3,(H,27,29). The number of halogens is 1. The highest BCUT2D eigenvalue weighted by Gasteiger charge is 2.40. The third-order valence-corrected chi connectivity index (χ3v) is 5.97. The average molecular weight is 425 g/mol. The minimum atomic E-state index is -0.570. The minimum Gasteiger partial charge on any atom is -0.482 e. The lowest BCUT2D eigenvalue weighted by Gasteiger charge is -2.20. The quantitative estimate of drug-likeness (QED) is 0.669. The summed E-state index contributed by atoms with van der Waals surface area (Å²) in [6, 6.07) is 10.6. The van der Waals surface area contributed by atoms with Crippen molar-refractivity contribution in [2.45, 2.75) is 32.3 Å². The third kappa shape index (κ3) is 4.23. The van der Waals surface area contributed by atoms with Crippen LogP contribution >= 0.6 is 0 Å². The van der Waals surface area contributed by atoms with Crippen LogP contribution in [-0.2, 0) is 26.3 Å². The van der Waals surface area contributed by atoms with Crippen LogP contribution in [0.4, 0.5) is 10.1 Å². The number of fused-ring (bicyclic) bond motifs is 2. The fraction of sp³-hybridized carbons (Fsp3) is 0.400. The van der Waals surface area contributed by atoms with Gasteiger partial charge >= 0.3 is 0 Å². The molecule has 2 aromatic rings. The van der Waals surface area contributed by atoms with Crippen molar-refractivity contribution in [2.75, 3.05) is 39.2 Å². The van der Waals surface area contributed by atoms with Crippen LogP contribution in [0.3, 0.4) is 0 Å². The van der Waals surface area contributed by atoms with Crippen molar-refractivity contribution >= 4 is 22.9 Å². The first-order valence-corrected chi connectivity index (χ1v) is 10.7. The third-order valence-electron chi connectivity index (χ3n) is 5.97. The Morgan fingerprint density at radius 2 is 1.94 bits per heavy atom. The van der Waals surface area contributed by atoms with Gasteiger partial charge in [0.05, 0.1) is 12.2 Å². The molecule has 2 aliphatic heterocycles. The van der Waals surface area contributed by atoms with Crippen molar-refractivity contribution in [3.05, 3.63) is 64.5 Å². The zero-order valence-electron chi connectivity index (χ0n) is 18.5. The average Bonchev–Trinajstić information content (AvgIpc) is 3.18. The highest BCUT2D eigenvalue weighted by Crippen LogP contribution is 2.48. The Bertz CT molecular complexity index is 1050. The van der Waals surface area contributed by atoms with Crippen LogP contribution in [0.2, 0.25) is 0 Å². The van der Waals surface area contributed by atoms with Crippen LogP contribution < -0.4 is 5.32 Å². The molecule has 31 heavy (non-hydrogen) atoms. The Morgan fingerprint density at radius 3 is 2.71 bits per heavy atom. The Morgan fingerprint density at radius 1 is 1.13 bits per heavy atom. The number of benzene rings is 2. The van der Waals surface area contributed by atoms with Gasteiger partial charge in [-0.1, -0.05) is 18.2 Å². The number of nitrogens with one attached hydrogen (secondary N) is 1. The van der Waals surface area contributed by atoms with E-state index in [1.807, 2.05) is 19.9 Å². The van der Waals surface area contributed by atoms with Gasteiger partial charge in [0.15, 0.2) is 0 Å². The van der Waals surface area contributed by atoms with Crippen molar-refractivity contribution in [3.8, 4) is 0 Å². The van der Waals surface area contributed by atoms with Gasteiger partial charge in [-0.05, 0) is 64.0 Å². The maximum atomic E-state index is 13.9. The number of ether oxygens (including phenoxy) is 2. The summed E-state index contributed by atoms with van der Waals surface area (Å²) in [5.74, 6) is -0.119. The van der Waals surface area contributed by atoms with E-state index in [9.17, 15) is 9.18 Å². The molecule has 0 atom stereocenters. The molecule has 6 heteroatoms. The molecule has 5 nitrogen and oxygen atoms in total. The number of amides is 1. The summed E-state index contributed by atoms with van der Waals surface area (Å²) < 4.78 is 25.3. The normalized spacial score (nSPS) is 18.7. The van der Waals surface area contributed by atoms with Crippen molar-refractivity contribution in [2.24, 2.45) is 0 Å². The van der Waals surface area contributed by atoms with Crippen molar-refractivity contribution in [1.29, 1.82) is 0 Å². The van der Waals surface area contributed by atoms with Gasteiger partial charge < -0.3 is 19.7 Å². The van der Waals surface area contributed by atoms with Crippen LogP contribution in [0, 0.1) is 5.82 Å². The molecule has 0 saturated carbocycles. The van der Waals surface area contributed by atoms with Gasteiger partial charge in [-0.3, -0.25) is 4.79 Å². The monoisotopic (exact) mass is 424 g/mol. The first kappa shape index (κ1) is 21.5. The molecule has 0 aliphatic carbocycles. The number of hydrogen-bond acceptors (Lipinski definition) is 4. The van der Waals surface area contributed by atoms with Gasteiger partial charge in [0, 0.05) is 36.0 Å². The Balaban J connectivity index is 1.61. The summed E-state index contributed by atoms with van der Waals surface area (Å²) in [4.78, 5) is 15.0. The Kier molecular flexibility index (Phi) is 5.86. The molecule has 1 N–H and O–H groups in total. The van der Waals surface area contributed by atoms with E-state index in [1.165, 1.54) is 17.7 Å². The van der Waals surface area contributed by atoms with E-state index in [4.69, 9.17) is 9.47 Å². The van der Waals surface area contributed by atoms with Gasteiger partial charge in [0.25, 0.3) is 5.91 Å². The number of aryl methyl sites for hydroxylation is 1. The van der Waals surface area contributed by atoms with Crippen molar-refractivity contribution in [3.63, 3.8) is 0 Å². The van der Waals surface area contributed by atoms with Gasteiger partial charge in [0.1, 0.15) is 17.2 Å². The number of carbonyl (C=O) groups is 1. The molecule has 0 saturated heterocycles. The molecule has 0 unspecified atom stereocenters. The molecule has 4 rings (SSSR count). The van der Waals surface area contributed by atoms with Crippen LogP contribution in [0.15, 0.2) is 36.4 Å². The highest BCUT2D eigenvalue weighted by atomic mass is 19.1.